The van der Waals surface area contributed by atoms with Gasteiger partial charge in [0.15, 0.2) is 11.5 Å². The van der Waals surface area contributed by atoms with Gasteiger partial charge in [0.2, 0.25) is 0 Å². The first-order valence-corrected chi connectivity index (χ1v) is 7.93. The van der Waals surface area contributed by atoms with Crippen molar-refractivity contribution in [3.05, 3.63) is 78.2 Å². The van der Waals surface area contributed by atoms with E-state index in [9.17, 15) is 0 Å². The molecule has 3 rings (SSSR count). The summed E-state index contributed by atoms with van der Waals surface area (Å²) >= 11 is 1.73. The van der Waals surface area contributed by atoms with Crippen LogP contribution in [0.3, 0.4) is 0 Å². The van der Waals surface area contributed by atoms with Gasteiger partial charge >= 0.3 is 0 Å². The fraction of sp³-hybridized carbons (Fsp3) is 0.0556. The lowest BCUT2D eigenvalue weighted by molar-refractivity contribution is 1.07. The maximum absolute atomic E-state index is 9.00. The lowest BCUT2D eigenvalue weighted by atomic mass is 10.2. The summed E-state index contributed by atoms with van der Waals surface area (Å²) < 4.78 is 0. The molecule has 23 heavy (non-hydrogen) atoms. The Morgan fingerprint density at radius 3 is 2.35 bits per heavy atom. The predicted octanol–water partition coefficient (Wildman–Crippen LogP) is 4.11. The Morgan fingerprint density at radius 2 is 1.61 bits per heavy atom. The molecule has 0 aliphatic heterocycles. The molecule has 0 saturated carbocycles. The Hall–Kier alpha value is -2.84. The van der Waals surface area contributed by atoms with Crippen LogP contribution in [0.2, 0.25) is 0 Å². The SMILES string of the molecule is N#Cc1nccnc1NCc1ccc(Sc2ccccc2)cc1. The van der Waals surface area contributed by atoms with Crippen molar-refractivity contribution < 1.29 is 0 Å². The van der Waals surface area contributed by atoms with Crippen molar-refractivity contribution in [2.75, 3.05) is 5.32 Å². The molecule has 1 N–H and O–H groups in total. The summed E-state index contributed by atoms with van der Waals surface area (Å²) in [5.41, 5.74) is 1.43. The van der Waals surface area contributed by atoms with Crippen molar-refractivity contribution in [2.45, 2.75) is 16.3 Å². The van der Waals surface area contributed by atoms with E-state index in [4.69, 9.17) is 5.26 Å². The molecule has 0 aliphatic rings. The molecule has 0 aliphatic carbocycles. The average molecular weight is 318 g/mol. The number of rotatable bonds is 5. The van der Waals surface area contributed by atoms with Gasteiger partial charge in [0.05, 0.1) is 0 Å². The predicted molar refractivity (Wildman–Crippen MR) is 91.1 cm³/mol. The van der Waals surface area contributed by atoms with Crippen LogP contribution in [0.5, 0.6) is 0 Å². The smallest absolute Gasteiger partial charge is 0.182 e. The third kappa shape index (κ3) is 4.09. The second kappa shape index (κ2) is 7.43. The van der Waals surface area contributed by atoms with Gasteiger partial charge in [0.1, 0.15) is 6.07 Å². The van der Waals surface area contributed by atoms with Crippen LogP contribution < -0.4 is 5.32 Å². The Kier molecular flexibility index (Phi) is 4.87. The van der Waals surface area contributed by atoms with E-state index in [0.717, 1.165) is 5.56 Å². The van der Waals surface area contributed by atoms with Crippen molar-refractivity contribution in [3.63, 3.8) is 0 Å². The van der Waals surface area contributed by atoms with Crippen molar-refractivity contribution in [1.82, 2.24) is 9.97 Å². The van der Waals surface area contributed by atoms with Gasteiger partial charge in [-0.15, -0.1) is 0 Å². The molecule has 0 spiro atoms. The molecule has 0 atom stereocenters. The maximum atomic E-state index is 9.00. The standard InChI is InChI=1S/C18H14N4S/c19-12-17-18(21-11-10-20-17)22-13-14-6-8-16(9-7-14)23-15-4-2-1-3-5-15/h1-11H,13H2,(H,21,22). The highest BCUT2D eigenvalue weighted by Gasteiger charge is 2.03. The Labute approximate surface area is 139 Å². The quantitative estimate of drug-likeness (QED) is 0.767. The molecule has 0 radical (unpaired) electrons. The highest BCUT2D eigenvalue weighted by molar-refractivity contribution is 7.99. The van der Waals surface area contributed by atoms with Gasteiger partial charge in [-0.25, -0.2) is 9.97 Å². The highest BCUT2D eigenvalue weighted by Crippen LogP contribution is 2.27. The molecule has 1 aromatic heterocycles. The topological polar surface area (TPSA) is 61.6 Å². The molecule has 5 heteroatoms. The van der Waals surface area contributed by atoms with Gasteiger partial charge in [0.25, 0.3) is 0 Å². The second-order valence-electron chi connectivity index (χ2n) is 4.78. The third-order valence-corrected chi connectivity index (χ3v) is 4.18. The van der Waals surface area contributed by atoms with E-state index in [1.54, 1.807) is 18.0 Å². The molecule has 0 amide bonds. The fourth-order valence-electron chi connectivity index (χ4n) is 2.03. The number of nitrogens with one attached hydrogen (secondary N) is 1. The fourth-order valence-corrected chi connectivity index (χ4v) is 2.87. The van der Waals surface area contributed by atoms with Gasteiger partial charge in [-0.05, 0) is 29.8 Å². The van der Waals surface area contributed by atoms with Gasteiger partial charge in [-0.2, -0.15) is 5.26 Å². The number of hydrogen-bond acceptors (Lipinski definition) is 5. The number of aromatic nitrogens is 2. The first-order valence-electron chi connectivity index (χ1n) is 7.12. The van der Waals surface area contributed by atoms with Gasteiger partial charge in [-0.3, -0.25) is 0 Å². The normalized spacial score (nSPS) is 10.0. The van der Waals surface area contributed by atoms with Crippen LogP contribution in [0.4, 0.5) is 5.82 Å². The Balaban J connectivity index is 1.63. The first kappa shape index (κ1) is 15.1. The number of anilines is 1. The minimum atomic E-state index is 0.309. The van der Waals surface area contributed by atoms with E-state index in [-0.39, 0.29) is 0 Å². The van der Waals surface area contributed by atoms with Crippen LogP contribution in [0, 0.1) is 11.3 Å². The zero-order valence-corrected chi connectivity index (χ0v) is 13.1. The van der Waals surface area contributed by atoms with Crippen LogP contribution in [0.15, 0.2) is 76.8 Å². The zero-order valence-electron chi connectivity index (χ0n) is 12.3. The molecule has 1 heterocycles. The molecule has 0 fully saturated rings. The monoisotopic (exact) mass is 318 g/mol. The van der Waals surface area contributed by atoms with Crippen molar-refractivity contribution >= 4 is 17.6 Å². The molecule has 0 unspecified atom stereocenters. The molecular formula is C18H14N4S. The lowest BCUT2D eigenvalue weighted by Gasteiger charge is -2.07. The van der Waals surface area contributed by atoms with E-state index in [0.29, 0.717) is 18.1 Å². The number of nitriles is 1. The van der Waals surface area contributed by atoms with Crippen molar-refractivity contribution in [3.8, 4) is 6.07 Å². The summed E-state index contributed by atoms with van der Waals surface area (Å²) in [6, 6.07) is 20.6. The molecule has 0 bridgehead atoms. The average Bonchev–Trinajstić information content (AvgIpc) is 2.62. The number of benzene rings is 2. The second-order valence-corrected chi connectivity index (χ2v) is 5.92. The van der Waals surface area contributed by atoms with Crippen LogP contribution >= 0.6 is 11.8 Å². The number of nitrogens with zero attached hydrogens (tertiary/aromatic N) is 3. The van der Waals surface area contributed by atoms with E-state index < -0.39 is 0 Å². The zero-order chi connectivity index (χ0) is 15.9. The lowest BCUT2D eigenvalue weighted by Crippen LogP contribution is -2.04. The van der Waals surface area contributed by atoms with Gasteiger partial charge in [0, 0.05) is 28.7 Å². The van der Waals surface area contributed by atoms with Crippen LogP contribution in [-0.2, 0) is 6.54 Å². The third-order valence-electron chi connectivity index (χ3n) is 3.17. The summed E-state index contributed by atoms with van der Waals surface area (Å²) in [5, 5.41) is 12.1. The minimum absolute atomic E-state index is 0.309. The summed E-state index contributed by atoms with van der Waals surface area (Å²) in [4.78, 5) is 10.5. The van der Waals surface area contributed by atoms with E-state index in [1.165, 1.54) is 16.0 Å². The summed E-state index contributed by atoms with van der Waals surface area (Å²) in [6.45, 7) is 0.601. The van der Waals surface area contributed by atoms with Crippen molar-refractivity contribution in [1.29, 1.82) is 5.26 Å². The summed E-state index contributed by atoms with van der Waals surface area (Å²) in [6.07, 6.45) is 3.09. The molecule has 3 aromatic rings. The Bertz CT molecular complexity index is 810. The number of hydrogen-bond donors (Lipinski definition) is 1. The summed E-state index contributed by atoms with van der Waals surface area (Å²) in [7, 11) is 0. The van der Waals surface area contributed by atoms with Crippen LogP contribution in [0.1, 0.15) is 11.3 Å². The molecular weight excluding hydrogens is 304 g/mol. The van der Waals surface area contributed by atoms with E-state index >= 15 is 0 Å². The minimum Gasteiger partial charge on any atom is -0.364 e. The Morgan fingerprint density at radius 1 is 0.913 bits per heavy atom. The molecule has 4 nitrogen and oxygen atoms in total. The van der Waals surface area contributed by atoms with E-state index in [2.05, 4.69) is 51.7 Å². The van der Waals surface area contributed by atoms with Crippen molar-refractivity contribution in [2.24, 2.45) is 0 Å². The van der Waals surface area contributed by atoms with Crippen LogP contribution in [-0.4, -0.2) is 9.97 Å². The van der Waals surface area contributed by atoms with Crippen LogP contribution in [0.25, 0.3) is 0 Å². The largest absolute Gasteiger partial charge is 0.364 e. The summed E-state index contributed by atoms with van der Waals surface area (Å²) in [5.74, 6) is 0.512. The molecule has 2 aromatic carbocycles. The molecule has 0 saturated heterocycles. The molecule has 112 valence electrons. The first-order chi connectivity index (χ1) is 11.3. The maximum Gasteiger partial charge on any atom is 0.182 e. The van der Waals surface area contributed by atoms with E-state index in [1.807, 2.05) is 24.3 Å². The van der Waals surface area contributed by atoms with Gasteiger partial charge < -0.3 is 5.32 Å². The van der Waals surface area contributed by atoms with Gasteiger partial charge in [-0.1, -0.05) is 42.1 Å². The highest BCUT2D eigenvalue weighted by atomic mass is 32.2.